The highest BCUT2D eigenvalue weighted by Gasteiger charge is 2.09. The van der Waals surface area contributed by atoms with Gasteiger partial charge in [-0.2, -0.15) is 0 Å². The second-order valence-corrected chi connectivity index (χ2v) is 6.97. The molecule has 2 aromatic carbocycles. The van der Waals surface area contributed by atoms with Crippen molar-refractivity contribution in [2.45, 2.75) is 6.92 Å². The van der Waals surface area contributed by atoms with Crippen LogP contribution < -0.4 is 21.1 Å². The molecule has 0 spiro atoms. The molecule has 0 aliphatic heterocycles. The summed E-state index contributed by atoms with van der Waals surface area (Å²) in [5.41, 5.74) is 8.85. The van der Waals surface area contributed by atoms with Crippen LogP contribution in [0, 0.1) is 6.92 Å². The van der Waals surface area contributed by atoms with E-state index >= 15 is 0 Å². The van der Waals surface area contributed by atoms with Gasteiger partial charge in [0.2, 0.25) is 5.88 Å². The van der Waals surface area contributed by atoms with Gasteiger partial charge in [0.05, 0.1) is 5.52 Å². The molecular formula is C21H17N9O2. The third kappa shape index (κ3) is 3.81. The summed E-state index contributed by atoms with van der Waals surface area (Å²) in [6.07, 6.45) is 4.64. The molecule has 11 heteroatoms. The lowest BCUT2D eigenvalue weighted by atomic mass is 10.1. The van der Waals surface area contributed by atoms with Crippen LogP contribution in [0.25, 0.3) is 16.6 Å². The summed E-state index contributed by atoms with van der Waals surface area (Å²) >= 11 is 0. The number of aromatic nitrogens is 6. The van der Waals surface area contributed by atoms with Crippen molar-refractivity contribution in [1.29, 1.82) is 0 Å². The van der Waals surface area contributed by atoms with Crippen LogP contribution in [0.5, 0.6) is 11.6 Å². The summed E-state index contributed by atoms with van der Waals surface area (Å²) < 4.78 is 7.61. The Labute approximate surface area is 181 Å². The molecule has 158 valence electrons. The minimum Gasteiger partial charge on any atom is -0.439 e. The Morgan fingerprint density at radius 2 is 1.91 bits per heavy atom. The molecular weight excluding hydrogens is 410 g/mol. The number of rotatable bonds is 5. The zero-order chi connectivity index (χ0) is 22.1. The van der Waals surface area contributed by atoms with E-state index in [4.69, 9.17) is 10.5 Å². The fourth-order valence-electron chi connectivity index (χ4n) is 3.23. The normalized spacial score (nSPS) is 10.9. The molecule has 5 aromatic rings. The zero-order valence-corrected chi connectivity index (χ0v) is 16.9. The summed E-state index contributed by atoms with van der Waals surface area (Å²) in [5.74, 6) is 1.67. The van der Waals surface area contributed by atoms with Crippen LogP contribution >= 0.6 is 0 Å². The minimum atomic E-state index is -0.639. The van der Waals surface area contributed by atoms with Crippen LogP contribution in [0.2, 0.25) is 0 Å². The van der Waals surface area contributed by atoms with Crippen LogP contribution in [-0.2, 0) is 0 Å². The maximum Gasteiger partial charge on any atom is 0.316 e. The lowest BCUT2D eigenvalue weighted by molar-refractivity contribution is 0.259. The Morgan fingerprint density at radius 1 is 1.03 bits per heavy atom. The number of fused-ring (bicyclic) bond motifs is 2. The van der Waals surface area contributed by atoms with Crippen molar-refractivity contribution >= 4 is 39.8 Å². The van der Waals surface area contributed by atoms with Gasteiger partial charge in [-0.15, -0.1) is 10.2 Å². The van der Waals surface area contributed by atoms with Crippen LogP contribution in [-0.4, -0.2) is 35.6 Å². The summed E-state index contributed by atoms with van der Waals surface area (Å²) in [6, 6.07) is 12.0. The molecule has 0 radical (unpaired) electrons. The van der Waals surface area contributed by atoms with Crippen molar-refractivity contribution in [2.24, 2.45) is 5.73 Å². The topological polar surface area (TPSA) is 145 Å². The smallest absolute Gasteiger partial charge is 0.316 e. The number of nitrogens with zero attached hydrogens (tertiary/aromatic N) is 6. The molecule has 2 amide bonds. The van der Waals surface area contributed by atoms with Gasteiger partial charge in [-0.05, 0) is 48.9 Å². The van der Waals surface area contributed by atoms with Crippen LogP contribution in [0.4, 0.5) is 22.0 Å². The average molecular weight is 427 g/mol. The number of carbonyl (C=O) groups is 1. The highest BCUT2D eigenvalue weighted by Crippen LogP contribution is 2.30. The first kappa shape index (κ1) is 19.2. The maximum absolute atomic E-state index is 11.2. The van der Waals surface area contributed by atoms with Crippen molar-refractivity contribution in [3.05, 3.63) is 67.0 Å². The second kappa shape index (κ2) is 7.80. The standard InChI is InChI=1S/C21H17N9O2/c1-12-6-13(3-5-17(12)32-19-8-18-29-26-11-30(18)10-25-19)27-20-15-7-14(28-21(22)31)2-4-16(15)23-9-24-20/h2-11H,1H3,(H3,22,28,31)(H,23,24,27). The highest BCUT2D eigenvalue weighted by atomic mass is 16.5. The van der Waals surface area contributed by atoms with Crippen molar-refractivity contribution in [1.82, 2.24) is 29.5 Å². The number of hydrogen-bond acceptors (Lipinski definition) is 8. The van der Waals surface area contributed by atoms with Crippen molar-refractivity contribution in [3.8, 4) is 11.6 Å². The second-order valence-electron chi connectivity index (χ2n) is 6.97. The highest BCUT2D eigenvalue weighted by molar-refractivity contribution is 5.96. The van der Waals surface area contributed by atoms with Gasteiger partial charge in [0.1, 0.15) is 30.5 Å². The number of benzene rings is 2. The van der Waals surface area contributed by atoms with Gasteiger partial charge in [-0.25, -0.2) is 19.7 Å². The van der Waals surface area contributed by atoms with Crippen molar-refractivity contribution < 1.29 is 9.53 Å². The van der Waals surface area contributed by atoms with Gasteiger partial charge in [-0.3, -0.25) is 4.40 Å². The largest absolute Gasteiger partial charge is 0.439 e. The first-order valence-electron chi connectivity index (χ1n) is 9.57. The maximum atomic E-state index is 11.2. The van der Waals surface area contributed by atoms with Gasteiger partial charge >= 0.3 is 6.03 Å². The molecule has 0 aliphatic rings. The van der Waals surface area contributed by atoms with E-state index in [0.717, 1.165) is 22.2 Å². The molecule has 0 fully saturated rings. The fraction of sp³-hybridized carbons (Fsp3) is 0.0476. The zero-order valence-electron chi connectivity index (χ0n) is 16.9. The third-order valence-corrected chi connectivity index (χ3v) is 4.72. The lowest BCUT2D eigenvalue weighted by Crippen LogP contribution is -2.19. The van der Waals surface area contributed by atoms with Gasteiger partial charge < -0.3 is 21.1 Å². The summed E-state index contributed by atoms with van der Waals surface area (Å²) in [7, 11) is 0. The van der Waals surface area contributed by atoms with Gasteiger partial charge in [0.25, 0.3) is 0 Å². The van der Waals surface area contributed by atoms with Gasteiger partial charge in [0.15, 0.2) is 5.65 Å². The van der Waals surface area contributed by atoms with E-state index in [9.17, 15) is 4.79 Å². The molecule has 11 nitrogen and oxygen atoms in total. The van der Waals surface area contributed by atoms with Crippen molar-refractivity contribution in [2.75, 3.05) is 10.6 Å². The number of aryl methyl sites for hydroxylation is 1. The van der Waals surface area contributed by atoms with Gasteiger partial charge in [0, 0.05) is 22.8 Å². The number of carbonyl (C=O) groups excluding carboxylic acids is 1. The number of amides is 2. The SMILES string of the molecule is Cc1cc(Nc2ncnc3ccc(NC(N)=O)cc23)ccc1Oc1cc2nncn2cn1. The van der Waals surface area contributed by atoms with Crippen LogP contribution in [0.15, 0.2) is 61.4 Å². The Morgan fingerprint density at radius 3 is 2.75 bits per heavy atom. The summed E-state index contributed by atoms with van der Waals surface area (Å²) in [6.45, 7) is 1.93. The fourth-order valence-corrected chi connectivity index (χ4v) is 3.23. The van der Waals surface area contributed by atoms with Crippen LogP contribution in [0.3, 0.4) is 0 Å². The number of nitrogens with two attached hydrogens (primary N) is 1. The number of anilines is 3. The van der Waals surface area contributed by atoms with E-state index < -0.39 is 6.03 Å². The quantitative estimate of drug-likeness (QED) is 0.387. The number of primary amides is 1. The predicted molar refractivity (Wildman–Crippen MR) is 118 cm³/mol. The van der Waals surface area contributed by atoms with E-state index in [1.807, 2.05) is 25.1 Å². The molecule has 0 saturated carbocycles. The lowest BCUT2D eigenvalue weighted by Gasteiger charge is -2.12. The summed E-state index contributed by atoms with van der Waals surface area (Å²) in [5, 5.41) is 14.4. The monoisotopic (exact) mass is 427 g/mol. The Balaban J connectivity index is 1.40. The van der Waals surface area contributed by atoms with E-state index in [1.165, 1.54) is 6.33 Å². The number of urea groups is 1. The third-order valence-electron chi connectivity index (χ3n) is 4.72. The molecule has 32 heavy (non-hydrogen) atoms. The Bertz CT molecular complexity index is 1460. The van der Waals surface area contributed by atoms with Crippen molar-refractivity contribution in [3.63, 3.8) is 0 Å². The van der Waals surface area contributed by atoms with E-state index in [2.05, 4.69) is 35.8 Å². The molecule has 3 heterocycles. The Hall–Kier alpha value is -4.80. The predicted octanol–water partition coefficient (Wildman–Crippen LogP) is 3.40. The number of nitrogens with one attached hydrogen (secondary N) is 2. The molecule has 0 atom stereocenters. The van der Waals surface area contributed by atoms with E-state index in [0.29, 0.717) is 28.8 Å². The summed E-state index contributed by atoms with van der Waals surface area (Å²) in [4.78, 5) is 24.0. The van der Waals surface area contributed by atoms with Gasteiger partial charge in [-0.1, -0.05) is 0 Å². The van der Waals surface area contributed by atoms with E-state index in [1.54, 1.807) is 41.3 Å². The minimum absolute atomic E-state index is 0.422. The number of hydrogen-bond donors (Lipinski definition) is 3. The van der Waals surface area contributed by atoms with E-state index in [-0.39, 0.29) is 0 Å². The molecule has 4 N–H and O–H groups in total. The van der Waals surface area contributed by atoms with Crippen LogP contribution in [0.1, 0.15) is 5.56 Å². The molecule has 3 aromatic heterocycles. The Kier molecular flexibility index (Phi) is 4.67. The molecule has 0 saturated heterocycles. The molecule has 0 aliphatic carbocycles. The number of ether oxygens (including phenoxy) is 1. The first-order valence-corrected chi connectivity index (χ1v) is 9.57. The average Bonchev–Trinajstić information content (AvgIpc) is 3.24. The molecule has 0 bridgehead atoms. The molecule has 0 unspecified atom stereocenters. The first-order chi connectivity index (χ1) is 15.5. The molecule has 5 rings (SSSR count).